The van der Waals surface area contributed by atoms with Crippen LogP contribution in [0.25, 0.3) is 0 Å². The Balaban J connectivity index is 1.18. The molecule has 6 rings (SSSR count). The number of fused-ring (bicyclic) bond motifs is 2. The quantitative estimate of drug-likeness (QED) is 0.413. The zero-order chi connectivity index (χ0) is 25.8. The molecule has 4 aromatic rings. The van der Waals surface area contributed by atoms with Gasteiger partial charge in [0.05, 0.1) is 33.6 Å². The van der Waals surface area contributed by atoms with Crippen molar-refractivity contribution in [3.8, 4) is 11.5 Å². The van der Waals surface area contributed by atoms with E-state index in [9.17, 15) is 29.4 Å². The highest BCUT2D eigenvalue weighted by Crippen LogP contribution is 2.32. The molecule has 4 amide bonds. The molecule has 8 heteroatoms. The van der Waals surface area contributed by atoms with Crippen molar-refractivity contribution >= 4 is 35.0 Å². The highest BCUT2D eigenvalue weighted by Gasteiger charge is 2.38. The lowest BCUT2D eigenvalue weighted by molar-refractivity contribution is 0.0910. The number of anilines is 2. The van der Waals surface area contributed by atoms with Crippen molar-refractivity contribution in [1.82, 2.24) is 0 Å². The molecule has 0 atom stereocenters. The molecule has 0 unspecified atom stereocenters. The molecule has 2 heterocycles. The van der Waals surface area contributed by atoms with E-state index in [-0.39, 0.29) is 33.8 Å². The van der Waals surface area contributed by atoms with E-state index in [0.29, 0.717) is 17.8 Å². The maximum Gasteiger partial charge on any atom is 0.266 e. The molecule has 8 nitrogen and oxygen atoms in total. The molecule has 0 saturated heterocycles. The Morgan fingerprint density at radius 1 is 0.459 bits per heavy atom. The Bertz CT molecular complexity index is 1520. The van der Waals surface area contributed by atoms with Crippen LogP contribution in [0.4, 0.5) is 11.4 Å². The molecule has 0 radical (unpaired) electrons. The standard InChI is InChI=1S/C29H18N2O6/c32-20-9-11-22-24(14-20)28(36)30(26(22)34)18-5-1-16(2-6-18)13-17-3-7-19(8-4-17)31-27(35)23-12-10-21(33)15-25(23)29(31)37/h1-12,14-15,32-33H,13H2. The van der Waals surface area contributed by atoms with Crippen LogP contribution in [-0.2, 0) is 6.42 Å². The van der Waals surface area contributed by atoms with Crippen LogP contribution in [0.5, 0.6) is 11.5 Å². The third kappa shape index (κ3) is 3.54. The second kappa shape index (κ2) is 8.17. The molecular formula is C29H18N2O6. The number of phenolic OH excluding ortho intramolecular Hbond substituents is 2. The van der Waals surface area contributed by atoms with E-state index >= 15 is 0 Å². The minimum Gasteiger partial charge on any atom is -0.508 e. The third-order valence-electron chi connectivity index (χ3n) is 6.54. The first-order valence-electron chi connectivity index (χ1n) is 11.4. The van der Waals surface area contributed by atoms with Gasteiger partial charge < -0.3 is 10.2 Å². The Labute approximate surface area is 210 Å². The molecule has 2 aliphatic heterocycles. The molecule has 0 fully saturated rings. The number of carbonyl (C=O) groups is 4. The van der Waals surface area contributed by atoms with Gasteiger partial charge in [-0.3, -0.25) is 19.2 Å². The minimum atomic E-state index is -0.484. The number of benzene rings is 4. The fraction of sp³-hybridized carbons (Fsp3) is 0.0345. The van der Waals surface area contributed by atoms with E-state index in [2.05, 4.69) is 0 Å². The Morgan fingerprint density at radius 3 is 1.19 bits per heavy atom. The van der Waals surface area contributed by atoms with E-state index < -0.39 is 23.6 Å². The normalized spacial score (nSPS) is 14.4. The number of nitrogens with zero attached hydrogens (tertiary/aromatic N) is 2. The predicted molar refractivity (Wildman–Crippen MR) is 134 cm³/mol. The number of hydrogen-bond acceptors (Lipinski definition) is 6. The fourth-order valence-electron chi connectivity index (χ4n) is 4.69. The Morgan fingerprint density at radius 2 is 0.811 bits per heavy atom. The number of carbonyl (C=O) groups excluding carboxylic acids is 4. The first-order valence-corrected chi connectivity index (χ1v) is 11.4. The van der Waals surface area contributed by atoms with Crippen LogP contribution >= 0.6 is 0 Å². The fourth-order valence-corrected chi connectivity index (χ4v) is 4.69. The highest BCUT2D eigenvalue weighted by atomic mass is 16.3. The number of aromatic hydroxyl groups is 2. The van der Waals surface area contributed by atoms with Crippen molar-refractivity contribution in [1.29, 1.82) is 0 Å². The lowest BCUT2D eigenvalue weighted by Crippen LogP contribution is -2.29. The maximum atomic E-state index is 12.7. The van der Waals surface area contributed by atoms with Crippen molar-refractivity contribution in [2.45, 2.75) is 6.42 Å². The van der Waals surface area contributed by atoms with Gasteiger partial charge in [-0.15, -0.1) is 0 Å². The average molecular weight is 490 g/mol. The average Bonchev–Trinajstić information content (AvgIpc) is 3.28. The van der Waals surface area contributed by atoms with Gasteiger partial charge in [-0.25, -0.2) is 9.80 Å². The van der Waals surface area contributed by atoms with Crippen molar-refractivity contribution in [2.75, 3.05) is 9.80 Å². The SMILES string of the molecule is O=C1c2ccc(O)cc2C(=O)N1c1ccc(Cc2ccc(N3C(=O)c4ccc(O)cc4C3=O)cc2)cc1. The summed E-state index contributed by atoms with van der Waals surface area (Å²) in [5, 5.41) is 19.3. The summed E-state index contributed by atoms with van der Waals surface area (Å²) in [6.45, 7) is 0. The molecule has 2 aliphatic rings. The Hall–Kier alpha value is -5.24. The van der Waals surface area contributed by atoms with Gasteiger partial charge in [-0.05, 0) is 78.2 Å². The lowest BCUT2D eigenvalue weighted by Gasteiger charge is -2.15. The summed E-state index contributed by atoms with van der Waals surface area (Å²) in [6.07, 6.45) is 0.548. The molecule has 0 spiro atoms. The van der Waals surface area contributed by atoms with Gasteiger partial charge in [-0.1, -0.05) is 24.3 Å². The van der Waals surface area contributed by atoms with Crippen LogP contribution < -0.4 is 9.80 Å². The van der Waals surface area contributed by atoms with Gasteiger partial charge in [-0.2, -0.15) is 0 Å². The van der Waals surface area contributed by atoms with Crippen LogP contribution in [0, 0.1) is 0 Å². The molecule has 0 saturated carbocycles. The molecule has 2 N–H and O–H groups in total. The van der Waals surface area contributed by atoms with Crippen molar-refractivity contribution < 1.29 is 29.4 Å². The molecule has 180 valence electrons. The Kier molecular flexibility index (Phi) is 4.91. The molecule has 0 aromatic heterocycles. The number of amides is 4. The van der Waals surface area contributed by atoms with Gasteiger partial charge in [0, 0.05) is 0 Å². The van der Waals surface area contributed by atoms with Gasteiger partial charge >= 0.3 is 0 Å². The first kappa shape index (κ1) is 22.2. The van der Waals surface area contributed by atoms with Crippen molar-refractivity contribution in [3.05, 3.63) is 118 Å². The van der Waals surface area contributed by atoms with E-state index in [1.807, 2.05) is 24.3 Å². The number of imide groups is 2. The van der Waals surface area contributed by atoms with Gasteiger partial charge in [0.15, 0.2) is 0 Å². The lowest BCUT2D eigenvalue weighted by atomic mass is 10.0. The van der Waals surface area contributed by atoms with Crippen molar-refractivity contribution in [3.63, 3.8) is 0 Å². The number of hydrogen-bond donors (Lipinski definition) is 2. The largest absolute Gasteiger partial charge is 0.508 e. The summed E-state index contributed by atoms with van der Waals surface area (Å²) in [4.78, 5) is 53.1. The van der Waals surface area contributed by atoms with E-state index in [4.69, 9.17) is 0 Å². The van der Waals surface area contributed by atoms with E-state index in [1.165, 1.54) is 36.4 Å². The monoisotopic (exact) mass is 490 g/mol. The summed E-state index contributed by atoms with van der Waals surface area (Å²) in [7, 11) is 0. The second-order valence-corrected chi connectivity index (χ2v) is 8.86. The summed E-state index contributed by atoms with van der Waals surface area (Å²) in [6, 6.07) is 22.3. The summed E-state index contributed by atoms with van der Waals surface area (Å²) in [5.41, 5.74) is 3.57. The molecule has 0 bridgehead atoms. The zero-order valence-corrected chi connectivity index (χ0v) is 19.2. The minimum absolute atomic E-state index is 0.0783. The van der Waals surface area contributed by atoms with Crippen LogP contribution in [0.1, 0.15) is 52.6 Å². The zero-order valence-electron chi connectivity index (χ0n) is 19.2. The molecule has 37 heavy (non-hydrogen) atoms. The second-order valence-electron chi connectivity index (χ2n) is 8.86. The molecular weight excluding hydrogens is 472 g/mol. The van der Waals surface area contributed by atoms with Crippen LogP contribution in [0.15, 0.2) is 84.9 Å². The van der Waals surface area contributed by atoms with Crippen LogP contribution in [0.2, 0.25) is 0 Å². The molecule has 0 aliphatic carbocycles. The summed E-state index contributed by atoms with van der Waals surface area (Å²) >= 11 is 0. The smallest absolute Gasteiger partial charge is 0.266 e. The van der Waals surface area contributed by atoms with Crippen molar-refractivity contribution in [2.24, 2.45) is 0 Å². The highest BCUT2D eigenvalue weighted by molar-refractivity contribution is 6.35. The number of phenols is 2. The van der Waals surface area contributed by atoms with Crippen LogP contribution in [-0.4, -0.2) is 33.8 Å². The van der Waals surface area contributed by atoms with E-state index in [0.717, 1.165) is 20.9 Å². The topological polar surface area (TPSA) is 115 Å². The van der Waals surface area contributed by atoms with Gasteiger partial charge in [0.1, 0.15) is 11.5 Å². The maximum absolute atomic E-state index is 12.7. The van der Waals surface area contributed by atoms with Gasteiger partial charge in [0.2, 0.25) is 0 Å². The first-order chi connectivity index (χ1) is 17.8. The number of rotatable bonds is 4. The van der Waals surface area contributed by atoms with Gasteiger partial charge in [0.25, 0.3) is 23.6 Å². The molecule has 4 aromatic carbocycles. The van der Waals surface area contributed by atoms with E-state index in [1.54, 1.807) is 24.3 Å². The predicted octanol–water partition coefficient (Wildman–Crippen LogP) is 4.29. The third-order valence-corrected chi connectivity index (χ3v) is 6.54. The van der Waals surface area contributed by atoms with Crippen LogP contribution in [0.3, 0.4) is 0 Å². The summed E-state index contributed by atoms with van der Waals surface area (Å²) < 4.78 is 0. The summed E-state index contributed by atoms with van der Waals surface area (Å²) in [5.74, 6) is -2.00.